The second-order valence-electron chi connectivity index (χ2n) is 7.68. The van der Waals surface area contributed by atoms with Crippen LogP contribution in [0.25, 0.3) is 33.3 Å². The SMILES string of the molecule is OC[C@H]1OCC(Oc2nc3cc(-c4ccc(-c5cccc(F)c5)cc4)c(Cl)cc3[nH]2)[C@@H]1O. The summed E-state index contributed by atoms with van der Waals surface area (Å²) in [6.07, 6.45) is -2.23. The second-order valence-corrected chi connectivity index (χ2v) is 8.09. The molecule has 3 N–H and O–H groups in total. The van der Waals surface area contributed by atoms with Crippen LogP contribution in [0.15, 0.2) is 60.7 Å². The van der Waals surface area contributed by atoms with E-state index < -0.39 is 18.3 Å². The molecule has 1 aromatic heterocycles. The lowest BCUT2D eigenvalue weighted by Crippen LogP contribution is -2.36. The average molecular weight is 455 g/mol. The van der Waals surface area contributed by atoms with Crippen molar-refractivity contribution in [1.29, 1.82) is 0 Å². The Hall–Kier alpha value is -2.97. The van der Waals surface area contributed by atoms with Crippen molar-refractivity contribution >= 4 is 22.6 Å². The van der Waals surface area contributed by atoms with Crippen LogP contribution in [0.4, 0.5) is 4.39 Å². The number of fused-ring (bicyclic) bond motifs is 1. The first kappa shape index (κ1) is 20.9. The number of rotatable bonds is 5. The Bertz CT molecular complexity index is 1260. The molecular formula is C24H20ClFN2O4. The molecule has 1 saturated heterocycles. The summed E-state index contributed by atoms with van der Waals surface area (Å²) in [7, 11) is 0. The highest BCUT2D eigenvalue weighted by atomic mass is 35.5. The van der Waals surface area contributed by atoms with Crippen LogP contribution in [-0.2, 0) is 4.74 Å². The molecule has 0 radical (unpaired) electrons. The summed E-state index contributed by atoms with van der Waals surface area (Å²) >= 11 is 6.53. The van der Waals surface area contributed by atoms with E-state index in [1.807, 2.05) is 36.4 Å². The number of aromatic nitrogens is 2. The van der Waals surface area contributed by atoms with Crippen LogP contribution in [0, 0.1) is 5.82 Å². The fourth-order valence-corrected chi connectivity index (χ4v) is 4.13. The predicted octanol–water partition coefficient (Wildman–Crippen LogP) is 4.19. The largest absolute Gasteiger partial charge is 0.456 e. The third-order valence-electron chi connectivity index (χ3n) is 5.58. The number of imidazole rings is 1. The van der Waals surface area contributed by atoms with Crippen molar-refractivity contribution in [3.05, 3.63) is 71.5 Å². The quantitative estimate of drug-likeness (QED) is 0.421. The maximum absolute atomic E-state index is 13.5. The number of benzene rings is 3. The smallest absolute Gasteiger partial charge is 0.295 e. The Morgan fingerprint density at radius 3 is 2.59 bits per heavy atom. The fourth-order valence-electron chi connectivity index (χ4n) is 3.86. The van der Waals surface area contributed by atoms with Crippen LogP contribution in [0.1, 0.15) is 0 Å². The molecule has 1 aliphatic heterocycles. The maximum atomic E-state index is 13.5. The minimum absolute atomic E-state index is 0.160. The highest BCUT2D eigenvalue weighted by Crippen LogP contribution is 2.34. The number of nitrogens with one attached hydrogen (secondary N) is 1. The number of ether oxygens (including phenoxy) is 2. The molecule has 32 heavy (non-hydrogen) atoms. The molecule has 0 bridgehead atoms. The van der Waals surface area contributed by atoms with Crippen molar-refractivity contribution in [2.75, 3.05) is 13.2 Å². The third-order valence-corrected chi connectivity index (χ3v) is 5.89. The molecular weight excluding hydrogens is 435 g/mol. The molecule has 0 aliphatic carbocycles. The summed E-state index contributed by atoms with van der Waals surface area (Å²) in [6, 6.07) is 18.0. The number of hydrogen-bond donors (Lipinski definition) is 3. The molecule has 2 heterocycles. The number of aliphatic hydroxyl groups excluding tert-OH is 2. The van der Waals surface area contributed by atoms with E-state index in [2.05, 4.69) is 9.97 Å². The molecule has 0 amide bonds. The predicted molar refractivity (Wildman–Crippen MR) is 119 cm³/mol. The van der Waals surface area contributed by atoms with Gasteiger partial charge in [-0.2, -0.15) is 4.98 Å². The van der Waals surface area contributed by atoms with Crippen LogP contribution in [0.3, 0.4) is 0 Å². The topological polar surface area (TPSA) is 87.6 Å². The van der Waals surface area contributed by atoms with Crippen molar-refractivity contribution in [1.82, 2.24) is 9.97 Å². The number of hydrogen-bond acceptors (Lipinski definition) is 5. The number of aliphatic hydroxyl groups is 2. The molecule has 0 saturated carbocycles. The molecule has 1 fully saturated rings. The van der Waals surface area contributed by atoms with Crippen molar-refractivity contribution < 1.29 is 24.1 Å². The van der Waals surface area contributed by atoms with E-state index >= 15 is 0 Å². The van der Waals surface area contributed by atoms with Gasteiger partial charge >= 0.3 is 0 Å². The molecule has 1 unspecified atom stereocenters. The van der Waals surface area contributed by atoms with Crippen LogP contribution in [-0.4, -0.2) is 51.7 Å². The van der Waals surface area contributed by atoms with E-state index in [0.717, 1.165) is 22.3 Å². The minimum Gasteiger partial charge on any atom is -0.456 e. The van der Waals surface area contributed by atoms with Crippen molar-refractivity contribution in [2.24, 2.45) is 0 Å². The van der Waals surface area contributed by atoms with Gasteiger partial charge in [0.2, 0.25) is 0 Å². The number of nitrogens with zero attached hydrogens (tertiary/aromatic N) is 1. The molecule has 3 aromatic carbocycles. The van der Waals surface area contributed by atoms with Gasteiger partial charge in [0.15, 0.2) is 6.10 Å². The zero-order valence-electron chi connectivity index (χ0n) is 16.8. The van der Waals surface area contributed by atoms with Gasteiger partial charge in [0, 0.05) is 5.56 Å². The first-order valence-electron chi connectivity index (χ1n) is 10.1. The summed E-state index contributed by atoms with van der Waals surface area (Å²) in [4.78, 5) is 7.51. The Labute approximate surface area is 188 Å². The normalized spacial score (nSPS) is 20.7. The fraction of sp³-hybridized carbons (Fsp3) is 0.208. The van der Waals surface area contributed by atoms with E-state index in [4.69, 9.17) is 21.1 Å². The average Bonchev–Trinajstić information content (AvgIpc) is 3.35. The Morgan fingerprint density at radius 2 is 1.88 bits per heavy atom. The summed E-state index contributed by atoms with van der Waals surface area (Å²) in [6.45, 7) is -0.120. The highest BCUT2D eigenvalue weighted by molar-refractivity contribution is 6.34. The first-order chi connectivity index (χ1) is 15.5. The van der Waals surface area contributed by atoms with E-state index in [9.17, 15) is 14.6 Å². The zero-order chi connectivity index (χ0) is 22.2. The van der Waals surface area contributed by atoms with Gasteiger partial charge in [-0.25, -0.2) is 4.39 Å². The highest BCUT2D eigenvalue weighted by Gasteiger charge is 2.37. The molecule has 6 nitrogen and oxygen atoms in total. The molecule has 4 aromatic rings. The maximum Gasteiger partial charge on any atom is 0.295 e. The first-order valence-corrected chi connectivity index (χ1v) is 10.5. The number of H-pyrrole nitrogens is 1. The lowest BCUT2D eigenvalue weighted by Gasteiger charge is -2.15. The minimum atomic E-state index is -0.941. The second kappa shape index (κ2) is 8.52. The van der Waals surface area contributed by atoms with E-state index in [1.54, 1.807) is 12.1 Å². The molecule has 1 aliphatic rings. The van der Waals surface area contributed by atoms with E-state index in [1.165, 1.54) is 12.1 Å². The van der Waals surface area contributed by atoms with Crippen molar-refractivity contribution in [3.8, 4) is 28.3 Å². The Kier molecular flexibility index (Phi) is 5.57. The van der Waals surface area contributed by atoms with Gasteiger partial charge in [-0.1, -0.05) is 48.0 Å². The van der Waals surface area contributed by atoms with Gasteiger partial charge < -0.3 is 24.7 Å². The summed E-state index contributed by atoms with van der Waals surface area (Å²) in [5, 5.41) is 19.9. The Morgan fingerprint density at radius 1 is 1.09 bits per heavy atom. The summed E-state index contributed by atoms with van der Waals surface area (Å²) in [5.74, 6) is -0.278. The van der Waals surface area contributed by atoms with Crippen molar-refractivity contribution in [2.45, 2.75) is 18.3 Å². The van der Waals surface area contributed by atoms with Crippen LogP contribution in [0.2, 0.25) is 5.02 Å². The number of halogens is 2. The summed E-state index contributed by atoms with van der Waals surface area (Å²) < 4.78 is 24.6. The lowest BCUT2D eigenvalue weighted by molar-refractivity contribution is -0.00390. The van der Waals surface area contributed by atoms with Crippen LogP contribution < -0.4 is 4.74 Å². The molecule has 164 valence electrons. The van der Waals surface area contributed by atoms with Gasteiger partial charge in [0.05, 0.1) is 29.3 Å². The standard InChI is InChI=1S/C24H20ClFN2O4/c25-18-10-20-19(27-24(28-20)32-22-12-31-21(11-29)23(22)30)9-17(18)14-6-4-13(5-7-14)15-2-1-3-16(26)8-15/h1-10,21-23,29-30H,11-12H2,(H,27,28)/t21-,22?,23-/m1/s1. The van der Waals surface area contributed by atoms with E-state index in [0.29, 0.717) is 16.1 Å². The summed E-state index contributed by atoms with van der Waals surface area (Å²) in [5.41, 5.74) is 4.74. The monoisotopic (exact) mass is 454 g/mol. The van der Waals surface area contributed by atoms with Gasteiger partial charge in [-0.15, -0.1) is 0 Å². The van der Waals surface area contributed by atoms with Crippen LogP contribution in [0.5, 0.6) is 6.01 Å². The molecule has 0 spiro atoms. The van der Waals surface area contributed by atoms with E-state index in [-0.39, 0.29) is 25.0 Å². The van der Waals surface area contributed by atoms with Gasteiger partial charge in [-0.3, -0.25) is 0 Å². The van der Waals surface area contributed by atoms with Crippen molar-refractivity contribution in [3.63, 3.8) is 0 Å². The molecule has 5 rings (SSSR count). The van der Waals surface area contributed by atoms with Gasteiger partial charge in [0.1, 0.15) is 18.0 Å². The zero-order valence-corrected chi connectivity index (χ0v) is 17.6. The Balaban J connectivity index is 1.41. The van der Waals surface area contributed by atoms with Gasteiger partial charge in [0.25, 0.3) is 6.01 Å². The van der Waals surface area contributed by atoms with Crippen LogP contribution >= 0.6 is 11.6 Å². The van der Waals surface area contributed by atoms with Gasteiger partial charge in [-0.05, 0) is 41.0 Å². The number of aromatic amines is 1. The lowest BCUT2D eigenvalue weighted by atomic mass is 10.00. The molecule has 8 heteroatoms. The molecule has 3 atom stereocenters. The third kappa shape index (κ3) is 3.96.